The van der Waals surface area contributed by atoms with E-state index < -0.39 is 5.97 Å². The second kappa shape index (κ2) is 7.40. The largest absolute Gasteiger partial charge is 0.491 e. The first-order valence-electron chi connectivity index (χ1n) is 6.53. The molecule has 1 fully saturated rings. The van der Waals surface area contributed by atoms with E-state index in [1.54, 1.807) is 24.3 Å². The molecule has 2 N–H and O–H groups in total. The number of ether oxygens (including phenoxy) is 1. The molecule has 2 rings (SSSR count). The average molecular weight is 281 g/mol. The van der Waals surface area contributed by atoms with Crippen molar-refractivity contribution in [3.8, 4) is 5.75 Å². The van der Waals surface area contributed by atoms with Crippen LogP contribution in [0.25, 0.3) is 0 Å². The molecule has 1 unspecified atom stereocenters. The average Bonchev–Trinajstić information content (AvgIpc) is 2.45. The highest BCUT2D eigenvalue weighted by Crippen LogP contribution is 2.18. The first-order chi connectivity index (χ1) is 9.27. The molecule has 5 heteroatoms. The third-order valence-electron chi connectivity index (χ3n) is 3.07. The maximum absolute atomic E-state index is 11.0. The maximum atomic E-state index is 11.0. The van der Waals surface area contributed by atoms with E-state index in [1.807, 2.05) is 11.8 Å². The van der Waals surface area contributed by atoms with E-state index in [9.17, 15) is 4.79 Å². The Bertz CT molecular complexity index is 419. The lowest BCUT2D eigenvalue weighted by atomic mass is 10.2. The number of nitrogens with one attached hydrogen (secondary N) is 1. The fourth-order valence-corrected chi connectivity index (χ4v) is 3.20. The highest BCUT2D eigenvalue weighted by atomic mass is 32.2. The molecule has 4 nitrogen and oxygen atoms in total. The Morgan fingerprint density at radius 3 is 3.05 bits per heavy atom. The van der Waals surface area contributed by atoms with Crippen LogP contribution in [0.1, 0.15) is 23.2 Å². The number of aromatic carboxylic acids is 1. The van der Waals surface area contributed by atoms with Gasteiger partial charge in [-0.2, -0.15) is 11.8 Å². The molecule has 0 aromatic heterocycles. The molecule has 1 atom stereocenters. The first kappa shape index (κ1) is 14.2. The first-order valence-corrected chi connectivity index (χ1v) is 7.69. The van der Waals surface area contributed by atoms with Crippen molar-refractivity contribution in [1.82, 2.24) is 5.32 Å². The van der Waals surface area contributed by atoms with Crippen LogP contribution in [0, 0.1) is 0 Å². The lowest BCUT2D eigenvalue weighted by molar-refractivity contribution is 0.0692. The molecule has 0 radical (unpaired) electrons. The van der Waals surface area contributed by atoms with Crippen molar-refractivity contribution < 1.29 is 14.6 Å². The van der Waals surface area contributed by atoms with Crippen molar-refractivity contribution in [3.63, 3.8) is 0 Å². The molecule has 0 amide bonds. The fraction of sp³-hybridized carbons (Fsp3) is 0.500. The van der Waals surface area contributed by atoms with Gasteiger partial charge in [-0.1, -0.05) is 12.1 Å². The minimum atomic E-state index is -0.952. The van der Waals surface area contributed by atoms with Gasteiger partial charge in [0.25, 0.3) is 0 Å². The summed E-state index contributed by atoms with van der Waals surface area (Å²) < 4.78 is 5.54. The Morgan fingerprint density at radius 2 is 2.32 bits per heavy atom. The standard InChI is InChI=1S/C14H19NO3S/c16-14(17)12-5-1-2-6-13(12)18-8-7-15-11-4-3-9-19-10-11/h1-2,5-6,11,15H,3-4,7-10H2,(H,16,17). The van der Waals surface area contributed by atoms with Crippen LogP contribution in [0.4, 0.5) is 0 Å². The van der Waals surface area contributed by atoms with Crippen molar-refractivity contribution >= 4 is 17.7 Å². The van der Waals surface area contributed by atoms with Crippen LogP contribution in [0.15, 0.2) is 24.3 Å². The van der Waals surface area contributed by atoms with Crippen molar-refractivity contribution in [1.29, 1.82) is 0 Å². The lowest BCUT2D eigenvalue weighted by Gasteiger charge is -2.22. The SMILES string of the molecule is O=C(O)c1ccccc1OCCNC1CCCSC1. The molecule has 0 aliphatic carbocycles. The van der Waals surface area contributed by atoms with Crippen molar-refractivity contribution in [2.45, 2.75) is 18.9 Å². The fourth-order valence-electron chi connectivity index (χ4n) is 2.09. The van der Waals surface area contributed by atoms with Gasteiger partial charge in [-0.25, -0.2) is 4.79 Å². The predicted octanol–water partition coefficient (Wildman–Crippen LogP) is 2.25. The smallest absolute Gasteiger partial charge is 0.339 e. The quantitative estimate of drug-likeness (QED) is 0.783. The van der Waals surface area contributed by atoms with Gasteiger partial charge in [-0.05, 0) is 30.7 Å². The lowest BCUT2D eigenvalue weighted by Crippen LogP contribution is -2.36. The highest BCUT2D eigenvalue weighted by molar-refractivity contribution is 7.99. The Morgan fingerprint density at radius 1 is 1.47 bits per heavy atom. The van der Waals surface area contributed by atoms with Crippen LogP contribution in [0.5, 0.6) is 5.75 Å². The van der Waals surface area contributed by atoms with Gasteiger partial charge in [-0.3, -0.25) is 0 Å². The normalized spacial score (nSPS) is 19.1. The van der Waals surface area contributed by atoms with Gasteiger partial charge in [-0.15, -0.1) is 0 Å². The van der Waals surface area contributed by atoms with E-state index in [0.717, 1.165) is 12.3 Å². The van der Waals surface area contributed by atoms with E-state index in [4.69, 9.17) is 9.84 Å². The zero-order chi connectivity index (χ0) is 13.5. The minimum Gasteiger partial charge on any atom is -0.491 e. The molecule has 1 heterocycles. The van der Waals surface area contributed by atoms with E-state index in [2.05, 4.69) is 5.32 Å². The number of hydrogen-bond acceptors (Lipinski definition) is 4. The topological polar surface area (TPSA) is 58.6 Å². The number of thioether (sulfide) groups is 1. The third kappa shape index (κ3) is 4.44. The number of carboxylic acid groups (broad SMARTS) is 1. The Labute approximate surface area is 117 Å². The third-order valence-corrected chi connectivity index (χ3v) is 4.29. The molecule has 0 saturated carbocycles. The van der Waals surface area contributed by atoms with Gasteiger partial charge < -0.3 is 15.2 Å². The van der Waals surface area contributed by atoms with Gasteiger partial charge in [0.05, 0.1) is 0 Å². The van der Waals surface area contributed by atoms with E-state index in [-0.39, 0.29) is 5.56 Å². The summed E-state index contributed by atoms with van der Waals surface area (Å²) in [5.74, 6) is 1.91. The van der Waals surface area contributed by atoms with Crippen LogP contribution in [-0.4, -0.2) is 41.8 Å². The summed E-state index contributed by atoms with van der Waals surface area (Å²) in [5, 5.41) is 12.5. The molecule has 1 saturated heterocycles. The Kier molecular flexibility index (Phi) is 5.54. The van der Waals surface area contributed by atoms with Crippen molar-refractivity contribution in [2.24, 2.45) is 0 Å². The zero-order valence-electron chi connectivity index (χ0n) is 10.8. The molecule has 1 aromatic rings. The molecule has 104 valence electrons. The molecular formula is C14H19NO3S. The summed E-state index contributed by atoms with van der Waals surface area (Å²) in [6, 6.07) is 7.31. The van der Waals surface area contributed by atoms with Gasteiger partial charge in [0.15, 0.2) is 0 Å². The van der Waals surface area contributed by atoms with E-state index in [1.165, 1.54) is 18.6 Å². The van der Waals surface area contributed by atoms with Crippen molar-refractivity contribution in [2.75, 3.05) is 24.7 Å². The molecule has 1 aromatic carbocycles. The number of rotatable bonds is 6. The molecule has 19 heavy (non-hydrogen) atoms. The van der Waals surface area contributed by atoms with Gasteiger partial charge in [0.1, 0.15) is 17.9 Å². The van der Waals surface area contributed by atoms with Crippen molar-refractivity contribution in [3.05, 3.63) is 29.8 Å². The number of carbonyl (C=O) groups is 1. The van der Waals surface area contributed by atoms with Crippen LogP contribution >= 0.6 is 11.8 Å². The van der Waals surface area contributed by atoms with Crippen LogP contribution < -0.4 is 10.1 Å². The van der Waals surface area contributed by atoms with Gasteiger partial charge in [0.2, 0.25) is 0 Å². The Balaban J connectivity index is 1.74. The molecular weight excluding hydrogens is 262 g/mol. The summed E-state index contributed by atoms with van der Waals surface area (Å²) >= 11 is 1.98. The van der Waals surface area contributed by atoms with Crippen LogP contribution in [0.3, 0.4) is 0 Å². The van der Waals surface area contributed by atoms with Gasteiger partial charge >= 0.3 is 5.97 Å². The monoisotopic (exact) mass is 281 g/mol. The summed E-state index contributed by atoms with van der Waals surface area (Å²) in [7, 11) is 0. The van der Waals surface area contributed by atoms with Crippen LogP contribution in [0.2, 0.25) is 0 Å². The van der Waals surface area contributed by atoms with E-state index >= 15 is 0 Å². The summed E-state index contributed by atoms with van der Waals surface area (Å²) in [5.41, 5.74) is 0.218. The number of benzene rings is 1. The highest BCUT2D eigenvalue weighted by Gasteiger charge is 2.13. The number of carboxylic acids is 1. The molecule has 0 bridgehead atoms. The second-order valence-corrected chi connectivity index (χ2v) is 5.67. The summed E-state index contributed by atoms with van der Waals surface area (Å²) in [6.07, 6.45) is 2.49. The van der Waals surface area contributed by atoms with E-state index in [0.29, 0.717) is 18.4 Å². The second-order valence-electron chi connectivity index (χ2n) is 4.52. The number of para-hydroxylation sites is 1. The number of hydrogen-bond donors (Lipinski definition) is 2. The zero-order valence-corrected chi connectivity index (χ0v) is 11.6. The predicted molar refractivity (Wildman–Crippen MR) is 77.2 cm³/mol. The summed E-state index contributed by atoms with van der Waals surface area (Å²) in [4.78, 5) is 11.0. The van der Waals surface area contributed by atoms with Gasteiger partial charge in [0, 0.05) is 18.3 Å². The molecule has 1 aliphatic rings. The van der Waals surface area contributed by atoms with Crippen LogP contribution in [-0.2, 0) is 0 Å². The Hall–Kier alpha value is -1.20. The molecule has 1 aliphatic heterocycles. The minimum absolute atomic E-state index is 0.218. The maximum Gasteiger partial charge on any atom is 0.339 e. The molecule has 0 spiro atoms. The summed E-state index contributed by atoms with van der Waals surface area (Å²) in [6.45, 7) is 1.24.